The zero-order valence-electron chi connectivity index (χ0n) is 8.03. The molecule has 0 aromatic carbocycles. The van der Waals surface area contributed by atoms with Gasteiger partial charge in [0, 0.05) is 0 Å². The Bertz CT molecular complexity index is 292. The summed E-state index contributed by atoms with van der Waals surface area (Å²) in [4.78, 5) is 24.7. The minimum Gasteiger partial charge on any atom is -0.274 e. The lowest BCUT2D eigenvalue weighted by molar-refractivity contribution is -0.139. The fraction of sp³-hybridized carbons (Fsp3) is 0.636. The zero-order chi connectivity index (χ0) is 10.1. The maximum atomic E-state index is 11.7. The SMILES string of the molecule is C#CCN1C(=O)C2CCCCC2C1=O. The highest BCUT2D eigenvalue weighted by molar-refractivity contribution is 6.05. The molecule has 14 heavy (non-hydrogen) atoms. The lowest BCUT2D eigenvalue weighted by Gasteiger charge is -2.19. The number of fused-ring (bicyclic) bond motifs is 1. The van der Waals surface area contributed by atoms with E-state index in [2.05, 4.69) is 5.92 Å². The Morgan fingerprint density at radius 3 is 2.14 bits per heavy atom. The van der Waals surface area contributed by atoms with E-state index in [0.717, 1.165) is 25.7 Å². The molecule has 0 N–H and O–H groups in total. The van der Waals surface area contributed by atoms with E-state index in [-0.39, 0.29) is 30.2 Å². The van der Waals surface area contributed by atoms with Crippen LogP contribution in [0.4, 0.5) is 0 Å². The van der Waals surface area contributed by atoms with Gasteiger partial charge >= 0.3 is 0 Å². The van der Waals surface area contributed by atoms with Gasteiger partial charge in [-0.2, -0.15) is 0 Å². The van der Waals surface area contributed by atoms with Gasteiger partial charge in [0.1, 0.15) is 0 Å². The molecule has 1 saturated carbocycles. The number of terminal acetylenes is 1. The molecule has 0 aromatic heterocycles. The van der Waals surface area contributed by atoms with Crippen LogP contribution in [0, 0.1) is 24.2 Å². The average molecular weight is 191 g/mol. The van der Waals surface area contributed by atoms with Gasteiger partial charge < -0.3 is 0 Å². The highest BCUT2D eigenvalue weighted by atomic mass is 16.2. The highest BCUT2D eigenvalue weighted by Crippen LogP contribution is 2.37. The topological polar surface area (TPSA) is 37.4 Å². The Kier molecular flexibility index (Phi) is 2.28. The van der Waals surface area contributed by atoms with Crippen molar-refractivity contribution in [1.82, 2.24) is 4.90 Å². The maximum absolute atomic E-state index is 11.7. The minimum absolute atomic E-state index is 0.0438. The fourth-order valence-electron chi connectivity index (χ4n) is 2.48. The van der Waals surface area contributed by atoms with Crippen molar-refractivity contribution in [3.05, 3.63) is 0 Å². The second kappa shape index (κ2) is 3.45. The van der Waals surface area contributed by atoms with Crippen LogP contribution < -0.4 is 0 Å². The van der Waals surface area contributed by atoms with Crippen molar-refractivity contribution >= 4 is 11.8 Å². The molecule has 1 heterocycles. The van der Waals surface area contributed by atoms with Crippen LogP contribution in [-0.2, 0) is 9.59 Å². The van der Waals surface area contributed by atoms with Crippen LogP contribution in [0.1, 0.15) is 25.7 Å². The second-order valence-corrected chi connectivity index (χ2v) is 3.96. The van der Waals surface area contributed by atoms with Crippen LogP contribution in [0.2, 0.25) is 0 Å². The minimum atomic E-state index is -0.0652. The number of hydrogen-bond acceptors (Lipinski definition) is 2. The lowest BCUT2D eigenvalue weighted by Crippen LogP contribution is -2.31. The molecule has 1 saturated heterocycles. The smallest absolute Gasteiger partial charge is 0.233 e. The highest BCUT2D eigenvalue weighted by Gasteiger charge is 2.47. The summed E-state index contributed by atoms with van der Waals surface area (Å²) in [5.41, 5.74) is 0. The van der Waals surface area contributed by atoms with Gasteiger partial charge in [-0.1, -0.05) is 18.8 Å². The Morgan fingerprint density at radius 2 is 1.71 bits per heavy atom. The summed E-state index contributed by atoms with van der Waals surface area (Å²) in [6.07, 6.45) is 8.96. The number of nitrogens with zero attached hydrogens (tertiary/aromatic N) is 1. The summed E-state index contributed by atoms with van der Waals surface area (Å²) in [6, 6.07) is 0. The number of carbonyl (C=O) groups excluding carboxylic acids is 2. The van der Waals surface area contributed by atoms with Crippen LogP contribution in [-0.4, -0.2) is 23.3 Å². The van der Waals surface area contributed by atoms with Crippen molar-refractivity contribution in [2.24, 2.45) is 11.8 Å². The number of rotatable bonds is 1. The Labute approximate surface area is 83.5 Å². The van der Waals surface area contributed by atoms with Gasteiger partial charge in [0.25, 0.3) is 0 Å². The first-order valence-electron chi connectivity index (χ1n) is 5.04. The normalized spacial score (nSPS) is 31.5. The number of carbonyl (C=O) groups is 2. The molecule has 2 unspecified atom stereocenters. The summed E-state index contributed by atoms with van der Waals surface area (Å²) < 4.78 is 0. The van der Waals surface area contributed by atoms with Crippen molar-refractivity contribution in [2.45, 2.75) is 25.7 Å². The molecule has 0 radical (unpaired) electrons. The van der Waals surface area contributed by atoms with E-state index in [0.29, 0.717) is 0 Å². The molecule has 3 nitrogen and oxygen atoms in total. The number of hydrogen-bond donors (Lipinski definition) is 0. The van der Waals surface area contributed by atoms with Crippen molar-refractivity contribution in [2.75, 3.05) is 6.54 Å². The Hall–Kier alpha value is -1.30. The number of likely N-dealkylation sites (tertiary alicyclic amines) is 1. The van der Waals surface area contributed by atoms with Gasteiger partial charge in [0.05, 0.1) is 18.4 Å². The quantitative estimate of drug-likeness (QED) is 0.454. The van der Waals surface area contributed by atoms with Gasteiger partial charge in [-0.15, -0.1) is 6.42 Å². The first-order chi connectivity index (χ1) is 6.75. The van der Waals surface area contributed by atoms with Crippen molar-refractivity contribution < 1.29 is 9.59 Å². The first-order valence-corrected chi connectivity index (χ1v) is 5.04. The van der Waals surface area contributed by atoms with Crippen LogP contribution in [0.25, 0.3) is 0 Å². The third-order valence-corrected chi connectivity index (χ3v) is 3.18. The molecule has 0 aromatic rings. The molecule has 2 atom stereocenters. The van der Waals surface area contributed by atoms with Gasteiger partial charge in [0.15, 0.2) is 0 Å². The molecule has 2 rings (SSSR count). The van der Waals surface area contributed by atoms with E-state index in [9.17, 15) is 9.59 Å². The third kappa shape index (κ3) is 1.22. The molecule has 0 bridgehead atoms. The van der Waals surface area contributed by atoms with Crippen LogP contribution in [0.15, 0.2) is 0 Å². The van der Waals surface area contributed by atoms with Crippen LogP contribution in [0.3, 0.4) is 0 Å². The number of imide groups is 1. The third-order valence-electron chi connectivity index (χ3n) is 3.18. The summed E-state index contributed by atoms with van der Waals surface area (Å²) in [7, 11) is 0. The van der Waals surface area contributed by atoms with Crippen LogP contribution in [0.5, 0.6) is 0 Å². The van der Waals surface area contributed by atoms with Gasteiger partial charge in [-0.25, -0.2) is 0 Å². The van der Waals surface area contributed by atoms with Crippen molar-refractivity contribution in [3.63, 3.8) is 0 Å². The summed E-state index contributed by atoms with van der Waals surface area (Å²) in [6.45, 7) is 0.144. The van der Waals surface area contributed by atoms with Gasteiger partial charge in [-0.05, 0) is 12.8 Å². The molecule has 1 aliphatic carbocycles. The van der Waals surface area contributed by atoms with E-state index >= 15 is 0 Å². The standard InChI is InChI=1S/C11H13NO2/c1-2-7-12-10(13)8-5-3-4-6-9(8)11(12)14/h1,8-9H,3-7H2. The predicted octanol–water partition coefficient (Wildman–Crippen LogP) is 0.795. The Morgan fingerprint density at radius 1 is 1.21 bits per heavy atom. The molecule has 3 heteroatoms. The molecular formula is C11H13NO2. The van der Waals surface area contributed by atoms with Crippen molar-refractivity contribution in [3.8, 4) is 12.3 Å². The molecule has 2 amide bonds. The second-order valence-electron chi connectivity index (χ2n) is 3.96. The predicted molar refractivity (Wildman–Crippen MR) is 51.0 cm³/mol. The molecule has 2 aliphatic rings. The maximum Gasteiger partial charge on any atom is 0.233 e. The molecule has 0 spiro atoms. The fourth-order valence-corrected chi connectivity index (χ4v) is 2.48. The molecular weight excluding hydrogens is 178 g/mol. The summed E-state index contributed by atoms with van der Waals surface area (Å²) in [5.74, 6) is 2.15. The van der Waals surface area contributed by atoms with E-state index < -0.39 is 0 Å². The van der Waals surface area contributed by atoms with E-state index in [1.165, 1.54) is 4.90 Å². The van der Waals surface area contributed by atoms with E-state index in [1.807, 2.05) is 0 Å². The summed E-state index contributed by atoms with van der Waals surface area (Å²) in [5, 5.41) is 0. The van der Waals surface area contributed by atoms with Gasteiger partial charge in [0.2, 0.25) is 11.8 Å². The first kappa shape index (κ1) is 9.26. The van der Waals surface area contributed by atoms with E-state index in [1.54, 1.807) is 0 Å². The Balaban J connectivity index is 2.21. The lowest BCUT2D eigenvalue weighted by atomic mass is 9.81. The van der Waals surface area contributed by atoms with Crippen molar-refractivity contribution in [1.29, 1.82) is 0 Å². The van der Waals surface area contributed by atoms with E-state index in [4.69, 9.17) is 6.42 Å². The average Bonchev–Trinajstić information content (AvgIpc) is 2.45. The largest absolute Gasteiger partial charge is 0.274 e. The number of amides is 2. The monoisotopic (exact) mass is 191 g/mol. The molecule has 2 fully saturated rings. The molecule has 74 valence electrons. The zero-order valence-corrected chi connectivity index (χ0v) is 8.03. The summed E-state index contributed by atoms with van der Waals surface area (Å²) >= 11 is 0. The van der Waals surface area contributed by atoms with Gasteiger partial charge in [-0.3, -0.25) is 14.5 Å². The molecule has 1 aliphatic heterocycles. The van der Waals surface area contributed by atoms with Crippen LogP contribution >= 0.6 is 0 Å².